The lowest BCUT2D eigenvalue weighted by molar-refractivity contribution is 0.0593. The van der Waals surface area contributed by atoms with E-state index in [4.69, 9.17) is 0 Å². The van der Waals surface area contributed by atoms with Crippen LogP contribution in [0.15, 0.2) is 79.1 Å². The van der Waals surface area contributed by atoms with Crippen LogP contribution >= 0.6 is 0 Å². The van der Waals surface area contributed by atoms with Gasteiger partial charge in [0.1, 0.15) is 0 Å². The van der Waals surface area contributed by atoms with Crippen molar-refractivity contribution in [3.05, 3.63) is 90.3 Å². The lowest BCUT2D eigenvalue weighted by Crippen LogP contribution is -2.46. The van der Waals surface area contributed by atoms with Gasteiger partial charge in [-0.3, -0.25) is 4.79 Å². The topological polar surface area (TPSA) is 57.6 Å². The summed E-state index contributed by atoms with van der Waals surface area (Å²) in [5, 5.41) is 3.25. The fraction of sp³-hybridized carbons (Fsp3) is 0.379. The SMILES string of the molecule is O=C(NC1CC1c1ccccc1)N1CCC2(CCN(C(=O)c3ccccc3-n3cccc3)CC2)C1. The van der Waals surface area contributed by atoms with E-state index in [-0.39, 0.29) is 23.4 Å². The number of rotatable bonds is 4. The van der Waals surface area contributed by atoms with Gasteiger partial charge in [0.2, 0.25) is 0 Å². The molecule has 1 saturated carbocycles. The number of carbonyl (C=O) groups is 2. The summed E-state index contributed by atoms with van der Waals surface area (Å²) < 4.78 is 1.99. The van der Waals surface area contributed by atoms with Gasteiger partial charge in [-0.25, -0.2) is 4.79 Å². The highest BCUT2D eigenvalue weighted by Gasteiger charge is 2.45. The second-order valence-corrected chi connectivity index (χ2v) is 10.4. The number of benzene rings is 2. The van der Waals surface area contributed by atoms with Crippen LogP contribution in [0.3, 0.4) is 0 Å². The third kappa shape index (κ3) is 4.33. The van der Waals surface area contributed by atoms with E-state index in [0.717, 1.165) is 63.1 Å². The number of para-hydroxylation sites is 1. The molecule has 6 heteroatoms. The van der Waals surface area contributed by atoms with Crippen molar-refractivity contribution < 1.29 is 9.59 Å². The van der Waals surface area contributed by atoms with Gasteiger partial charge < -0.3 is 19.7 Å². The minimum atomic E-state index is 0.0736. The number of nitrogens with zero attached hydrogens (tertiary/aromatic N) is 3. The molecule has 2 atom stereocenters. The van der Waals surface area contributed by atoms with E-state index in [0.29, 0.717) is 5.92 Å². The summed E-state index contributed by atoms with van der Waals surface area (Å²) in [6.07, 6.45) is 7.89. The Hall–Kier alpha value is -3.54. The summed E-state index contributed by atoms with van der Waals surface area (Å²) in [4.78, 5) is 30.3. The first kappa shape index (κ1) is 22.0. The van der Waals surface area contributed by atoms with Crippen molar-refractivity contribution in [2.45, 2.75) is 37.6 Å². The van der Waals surface area contributed by atoms with Gasteiger partial charge in [-0.15, -0.1) is 0 Å². The average Bonchev–Trinajstić information content (AvgIpc) is 3.27. The number of likely N-dealkylation sites (tertiary alicyclic amines) is 2. The number of urea groups is 1. The lowest BCUT2D eigenvalue weighted by atomic mass is 9.77. The van der Waals surface area contributed by atoms with Gasteiger partial charge in [0.05, 0.1) is 11.3 Å². The standard InChI is InChI=1S/C29H32N4O2/c34-27(23-10-4-5-11-26(23)31-15-6-7-16-31)32-17-12-29(13-18-32)14-19-33(21-29)28(35)30-25-20-24(25)22-8-2-1-3-9-22/h1-11,15-16,24-25H,12-14,17-21H2,(H,30,35). The lowest BCUT2D eigenvalue weighted by Gasteiger charge is -2.39. The number of piperidine rings is 1. The van der Waals surface area contributed by atoms with Crippen LogP contribution in [0.4, 0.5) is 4.79 Å². The van der Waals surface area contributed by atoms with Crippen LogP contribution < -0.4 is 5.32 Å². The number of hydrogen-bond acceptors (Lipinski definition) is 2. The highest BCUT2D eigenvalue weighted by atomic mass is 16.2. The van der Waals surface area contributed by atoms with E-state index in [1.807, 2.05) is 69.2 Å². The quantitative estimate of drug-likeness (QED) is 0.605. The van der Waals surface area contributed by atoms with Gasteiger partial charge in [-0.2, -0.15) is 0 Å². The monoisotopic (exact) mass is 468 g/mol. The number of hydrogen-bond donors (Lipinski definition) is 1. The number of carbonyl (C=O) groups excluding carboxylic acids is 2. The molecular weight excluding hydrogens is 436 g/mol. The maximum atomic E-state index is 13.4. The molecule has 3 aromatic rings. The summed E-state index contributed by atoms with van der Waals surface area (Å²) in [7, 11) is 0. The molecule has 1 N–H and O–H groups in total. The summed E-state index contributed by atoms with van der Waals surface area (Å²) >= 11 is 0. The van der Waals surface area contributed by atoms with E-state index in [1.165, 1.54) is 5.56 Å². The molecule has 2 aromatic carbocycles. The molecule has 0 bridgehead atoms. The Bertz CT molecular complexity index is 1200. The smallest absolute Gasteiger partial charge is 0.317 e. The molecule has 1 aliphatic carbocycles. The summed E-state index contributed by atoms with van der Waals surface area (Å²) in [6, 6.07) is 22.5. The summed E-state index contributed by atoms with van der Waals surface area (Å²) in [5.74, 6) is 0.540. The van der Waals surface area contributed by atoms with Crippen LogP contribution in [-0.4, -0.2) is 58.5 Å². The number of aromatic nitrogens is 1. The molecule has 6 nitrogen and oxygen atoms in total. The Morgan fingerprint density at radius 2 is 1.46 bits per heavy atom. The van der Waals surface area contributed by atoms with Crippen molar-refractivity contribution in [3.63, 3.8) is 0 Å². The Balaban J connectivity index is 1.04. The minimum absolute atomic E-state index is 0.0736. The predicted octanol–water partition coefficient (Wildman–Crippen LogP) is 4.67. The third-order valence-electron chi connectivity index (χ3n) is 8.18. The molecule has 2 unspecified atom stereocenters. The first-order valence-electron chi connectivity index (χ1n) is 12.7. The van der Waals surface area contributed by atoms with Crippen molar-refractivity contribution in [2.75, 3.05) is 26.2 Å². The highest BCUT2D eigenvalue weighted by Crippen LogP contribution is 2.43. The summed E-state index contributed by atoms with van der Waals surface area (Å²) in [5.41, 5.74) is 3.10. The highest BCUT2D eigenvalue weighted by molar-refractivity contribution is 5.97. The third-order valence-corrected chi connectivity index (χ3v) is 8.18. The largest absolute Gasteiger partial charge is 0.339 e. The van der Waals surface area contributed by atoms with Crippen molar-refractivity contribution in [1.82, 2.24) is 19.7 Å². The second-order valence-electron chi connectivity index (χ2n) is 10.4. The van der Waals surface area contributed by atoms with Gasteiger partial charge >= 0.3 is 6.03 Å². The fourth-order valence-corrected chi connectivity index (χ4v) is 5.92. The zero-order valence-corrected chi connectivity index (χ0v) is 20.0. The van der Waals surface area contributed by atoms with Gasteiger partial charge in [0.25, 0.3) is 5.91 Å². The van der Waals surface area contributed by atoms with Crippen molar-refractivity contribution in [1.29, 1.82) is 0 Å². The number of amides is 3. The Morgan fingerprint density at radius 3 is 2.20 bits per heavy atom. The van der Waals surface area contributed by atoms with Crippen LogP contribution in [-0.2, 0) is 0 Å². The van der Waals surface area contributed by atoms with Crippen molar-refractivity contribution >= 4 is 11.9 Å². The minimum Gasteiger partial charge on any atom is -0.339 e. The Labute approximate surface area is 206 Å². The van der Waals surface area contributed by atoms with Crippen LogP contribution in [0.25, 0.3) is 5.69 Å². The molecule has 180 valence electrons. The predicted molar refractivity (Wildman–Crippen MR) is 136 cm³/mol. The average molecular weight is 469 g/mol. The molecule has 3 aliphatic rings. The van der Waals surface area contributed by atoms with Crippen LogP contribution in [0.1, 0.15) is 47.5 Å². The normalized spacial score (nSPS) is 22.9. The molecule has 1 aromatic heterocycles. The second kappa shape index (κ2) is 8.91. The first-order valence-corrected chi connectivity index (χ1v) is 12.7. The van der Waals surface area contributed by atoms with Gasteiger partial charge in [0.15, 0.2) is 0 Å². The molecule has 3 heterocycles. The molecule has 2 saturated heterocycles. The van der Waals surface area contributed by atoms with E-state index in [9.17, 15) is 9.59 Å². The van der Waals surface area contributed by atoms with Gasteiger partial charge in [-0.1, -0.05) is 42.5 Å². The van der Waals surface area contributed by atoms with E-state index >= 15 is 0 Å². The van der Waals surface area contributed by atoms with Crippen molar-refractivity contribution in [2.24, 2.45) is 5.41 Å². The molecule has 3 fully saturated rings. The van der Waals surface area contributed by atoms with E-state index in [2.05, 4.69) is 29.6 Å². The van der Waals surface area contributed by atoms with E-state index < -0.39 is 0 Å². The maximum absolute atomic E-state index is 13.4. The Morgan fingerprint density at radius 1 is 0.800 bits per heavy atom. The maximum Gasteiger partial charge on any atom is 0.317 e. The summed E-state index contributed by atoms with van der Waals surface area (Å²) in [6.45, 7) is 3.09. The molecule has 35 heavy (non-hydrogen) atoms. The number of nitrogens with one attached hydrogen (secondary N) is 1. The zero-order chi connectivity index (χ0) is 23.8. The fourth-order valence-electron chi connectivity index (χ4n) is 5.92. The van der Waals surface area contributed by atoms with Crippen molar-refractivity contribution in [3.8, 4) is 5.69 Å². The van der Waals surface area contributed by atoms with Crippen LogP contribution in [0.5, 0.6) is 0 Å². The molecular formula is C29H32N4O2. The first-order chi connectivity index (χ1) is 17.1. The molecule has 1 spiro atoms. The molecule has 6 rings (SSSR count). The Kier molecular flexibility index (Phi) is 5.59. The molecule has 0 radical (unpaired) electrons. The molecule has 3 amide bonds. The van der Waals surface area contributed by atoms with Gasteiger partial charge in [0, 0.05) is 50.5 Å². The van der Waals surface area contributed by atoms with Gasteiger partial charge in [-0.05, 0) is 60.9 Å². The van der Waals surface area contributed by atoms with Crippen LogP contribution in [0.2, 0.25) is 0 Å². The zero-order valence-electron chi connectivity index (χ0n) is 20.0. The van der Waals surface area contributed by atoms with Crippen LogP contribution in [0, 0.1) is 5.41 Å². The molecule has 2 aliphatic heterocycles. The van der Waals surface area contributed by atoms with E-state index in [1.54, 1.807) is 0 Å².